The molecule has 1 saturated carbocycles. The topological polar surface area (TPSA) is 30.7 Å². The highest BCUT2D eigenvalue weighted by Crippen LogP contribution is 2.40. The SMILES string of the molecule is CCn1c(SCc2ccc(Br)cc2F)nnc1C1CC1. The van der Waals surface area contributed by atoms with Gasteiger partial charge < -0.3 is 4.57 Å². The lowest BCUT2D eigenvalue weighted by Crippen LogP contribution is -2.02. The molecule has 3 rings (SSSR count). The van der Waals surface area contributed by atoms with E-state index in [0.717, 1.165) is 22.0 Å². The molecule has 1 heterocycles. The van der Waals surface area contributed by atoms with Gasteiger partial charge in [-0.15, -0.1) is 10.2 Å². The van der Waals surface area contributed by atoms with Gasteiger partial charge in [0.15, 0.2) is 5.16 Å². The average molecular weight is 356 g/mol. The van der Waals surface area contributed by atoms with Crippen LogP contribution in [0.4, 0.5) is 4.39 Å². The molecular weight excluding hydrogens is 341 g/mol. The second kappa shape index (κ2) is 5.85. The van der Waals surface area contributed by atoms with Crippen molar-refractivity contribution >= 4 is 27.7 Å². The molecule has 20 heavy (non-hydrogen) atoms. The summed E-state index contributed by atoms with van der Waals surface area (Å²) >= 11 is 4.81. The number of thioether (sulfide) groups is 1. The number of halogens is 2. The van der Waals surface area contributed by atoms with Gasteiger partial charge in [0.2, 0.25) is 0 Å². The number of rotatable bonds is 5. The molecule has 2 aromatic rings. The summed E-state index contributed by atoms with van der Waals surface area (Å²) in [4.78, 5) is 0. The minimum Gasteiger partial charge on any atom is -0.306 e. The highest BCUT2D eigenvalue weighted by Gasteiger charge is 2.29. The first kappa shape index (κ1) is 14.1. The fraction of sp³-hybridized carbons (Fsp3) is 0.429. The van der Waals surface area contributed by atoms with Crippen molar-refractivity contribution in [2.45, 2.75) is 43.1 Å². The lowest BCUT2D eigenvalue weighted by atomic mass is 10.2. The van der Waals surface area contributed by atoms with Crippen molar-refractivity contribution in [3.63, 3.8) is 0 Å². The maximum absolute atomic E-state index is 13.8. The lowest BCUT2D eigenvalue weighted by Gasteiger charge is -2.07. The summed E-state index contributed by atoms with van der Waals surface area (Å²) in [6, 6.07) is 5.16. The lowest BCUT2D eigenvalue weighted by molar-refractivity contribution is 0.615. The number of hydrogen-bond acceptors (Lipinski definition) is 3. The van der Waals surface area contributed by atoms with Gasteiger partial charge in [-0.25, -0.2) is 4.39 Å². The van der Waals surface area contributed by atoms with Crippen LogP contribution in [-0.2, 0) is 12.3 Å². The molecule has 0 aliphatic heterocycles. The summed E-state index contributed by atoms with van der Waals surface area (Å²) in [5.74, 6) is 2.06. The van der Waals surface area contributed by atoms with E-state index in [1.165, 1.54) is 18.9 Å². The van der Waals surface area contributed by atoms with Crippen LogP contribution in [0.15, 0.2) is 27.8 Å². The zero-order chi connectivity index (χ0) is 14.1. The van der Waals surface area contributed by atoms with E-state index in [1.807, 2.05) is 6.07 Å². The minimum atomic E-state index is -0.183. The van der Waals surface area contributed by atoms with Gasteiger partial charge in [-0.1, -0.05) is 33.8 Å². The Hall–Kier alpha value is -0.880. The molecule has 1 aromatic heterocycles. The molecule has 1 aliphatic rings. The van der Waals surface area contributed by atoms with E-state index in [-0.39, 0.29) is 5.82 Å². The molecule has 0 radical (unpaired) electrons. The van der Waals surface area contributed by atoms with Crippen molar-refractivity contribution in [3.05, 3.63) is 39.9 Å². The Morgan fingerprint density at radius 1 is 1.40 bits per heavy atom. The summed E-state index contributed by atoms with van der Waals surface area (Å²) < 4.78 is 16.7. The van der Waals surface area contributed by atoms with Crippen molar-refractivity contribution in [3.8, 4) is 0 Å². The smallest absolute Gasteiger partial charge is 0.191 e. The van der Waals surface area contributed by atoms with E-state index < -0.39 is 0 Å². The first-order chi connectivity index (χ1) is 9.69. The number of benzene rings is 1. The predicted molar refractivity (Wildman–Crippen MR) is 81.3 cm³/mol. The quantitative estimate of drug-likeness (QED) is 0.746. The Morgan fingerprint density at radius 3 is 2.85 bits per heavy atom. The molecule has 0 unspecified atom stereocenters. The minimum absolute atomic E-state index is 0.183. The summed E-state index contributed by atoms with van der Waals surface area (Å²) in [5, 5.41) is 9.43. The Labute approximate surface area is 130 Å². The van der Waals surface area contributed by atoms with Crippen molar-refractivity contribution in [2.75, 3.05) is 0 Å². The number of nitrogens with zero attached hydrogens (tertiary/aromatic N) is 3. The van der Waals surface area contributed by atoms with Crippen LogP contribution in [0.25, 0.3) is 0 Å². The number of aromatic nitrogens is 3. The molecule has 0 saturated heterocycles. The van der Waals surface area contributed by atoms with Crippen LogP contribution in [0.2, 0.25) is 0 Å². The van der Waals surface area contributed by atoms with Crippen LogP contribution in [-0.4, -0.2) is 14.8 Å². The van der Waals surface area contributed by atoms with Crippen molar-refractivity contribution < 1.29 is 4.39 Å². The van der Waals surface area contributed by atoms with E-state index >= 15 is 0 Å². The second-order valence-corrected chi connectivity index (χ2v) is 6.74. The molecule has 0 atom stereocenters. The predicted octanol–water partition coefficient (Wildman–Crippen LogP) is 4.37. The zero-order valence-corrected chi connectivity index (χ0v) is 13.5. The first-order valence-corrected chi connectivity index (χ1v) is 8.46. The maximum Gasteiger partial charge on any atom is 0.191 e. The molecule has 6 heteroatoms. The first-order valence-electron chi connectivity index (χ1n) is 6.69. The molecule has 0 N–H and O–H groups in total. The number of hydrogen-bond donors (Lipinski definition) is 0. The summed E-state index contributed by atoms with van der Waals surface area (Å²) in [7, 11) is 0. The Bertz CT molecular complexity index is 625. The highest BCUT2D eigenvalue weighted by molar-refractivity contribution is 9.10. The van der Waals surface area contributed by atoms with Crippen molar-refractivity contribution in [1.82, 2.24) is 14.8 Å². The summed E-state index contributed by atoms with van der Waals surface area (Å²) in [5.41, 5.74) is 0.692. The van der Waals surface area contributed by atoms with Gasteiger partial charge in [0.1, 0.15) is 11.6 Å². The summed E-state index contributed by atoms with van der Waals surface area (Å²) in [6.45, 7) is 2.96. The van der Waals surface area contributed by atoms with Gasteiger partial charge in [0, 0.05) is 22.7 Å². The van der Waals surface area contributed by atoms with E-state index in [9.17, 15) is 4.39 Å². The Morgan fingerprint density at radius 2 is 2.20 bits per heavy atom. The van der Waals surface area contributed by atoms with Crippen LogP contribution in [0.3, 0.4) is 0 Å². The van der Waals surface area contributed by atoms with Crippen LogP contribution in [0, 0.1) is 5.82 Å². The van der Waals surface area contributed by atoms with Crippen LogP contribution >= 0.6 is 27.7 Å². The van der Waals surface area contributed by atoms with Gasteiger partial charge in [0.05, 0.1) is 0 Å². The fourth-order valence-electron chi connectivity index (χ4n) is 2.13. The maximum atomic E-state index is 13.8. The van der Waals surface area contributed by atoms with E-state index in [1.54, 1.807) is 17.8 Å². The van der Waals surface area contributed by atoms with Gasteiger partial charge in [0.25, 0.3) is 0 Å². The molecule has 106 valence electrons. The normalized spacial score (nSPS) is 14.8. The van der Waals surface area contributed by atoms with Gasteiger partial charge in [-0.05, 0) is 37.5 Å². The van der Waals surface area contributed by atoms with Crippen LogP contribution in [0.1, 0.15) is 37.1 Å². The fourth-order valence-corrected chi connectivity index (χ4v) is 3.46. The highest BCUT2D eigenvalue weighted by atomic mass is 79.9. The van der Waals surface area contributed by atoms with Crippen molar-refractivity contribution in [2.24, 2.45) is 0 Å². The Kier molecular flexibility index (Phi) is 4.12. The standard InChI is InChI=1S/C14H15BrFN3S/c1-2-19-13(9-3-4-9)17-18-14(19)20-8-10-5-6-11(15)7-12(10)16/h5-7,9H,2-4,8H2,1H3. The molecule has 0 amide bonds. The monoisotopic (exact) mass is 355 g/mol. The zero-order valence-electron chi connectivity index (χ0n) is 11.1. The van der Waals surface area contributed by atoms with E-state index in [2.05, 4.69) is 37.6 Å². The van der Waals surface area contributed by atoms with Gasteiger partial charge >= 0.3 is 0 Å². The van der Waals surface area contributed by atoms with Gasteiger partial charge in [-0.3, -0.25) is 0 Å². The molecule has 3 nitrogen and oxygen atoms in total. The molecule has 1 aliphatic carbocycles. The molecule has 0 bridgehead atoms. The molecule has 0 spiro atoms. The largest absolute Gasteiger partial charge is 0.306 e. The third-order valence-electron chi connectivity index (χ3n) is 3.38. The Balaban J connectivity index is 1.74. The third kappa shape index (κ3) is 2.91. The molecule has 1 aromatic carbocycles. The van der Waals surface area contributed by atoms with Gasteiger partial charge in [-0.2, -0.15) is 0 Å². The third-order valence-corrected chi connectivity index (χ3v) is 4.88. The second-order valence-electron chi connectivity index (χ2n) is 4.88. The van der Waals surface area contributed by atoms with E-state index in [0.29, 0.717) is 17.2 Å². The molecular formula is C14H15BrFN3S. The van der Waals surface area contributed by atoms with Crippen LogP contribution < -0.4 is 0 Å². The average Bonchev–Trinajstić information content (AvgIpc) is 3.18. The summed E-state index contributed by atoms with van der Waals surface area (Å²) in [6.07, 6.45) is 2.42. The molecule has 1 fully saturated rings. The van der Waals surface area contributed by atoms with E-state index in [4.69, 9.17) is 0 Å². The van der Waals surface area contributed by atoms with Crippen molar-refractivity contribution in [1.29, 1.82) is 0 Å². The van der Waals surface area contributed by atoms with Crippen LogP contribution in [0.5, 0.6) is 0 Å².